The summed E-state index contributed by atoms with van der Waals surface area (Å²) in [4.78, 5) is 47.3. The Morgan fingerprint density at radius 3 is 2.80 bits per heavy atom. The number of nitro benzene ring substituents is 1. The summed E-state index contributed by atoms with van der Waals surface area (Å²) in [5.41, 5.74) is 0.0860. The number of benzene rings is 1. The molecule has 3 N–H and O–H groups in total. The molecule has 0 radical (unpaired) electrons. The van der Waals surface area contributed by atoms with E-state index in [1.807, 2.05) is 0 Å². The van der Waals surface area contributed by atoms with Crippen molar-refractivity contribution in [3.63, 3.8) is 0 Å². The topological polar surface area (TPSA) is 134 Å². The van der Waals surface area contributed by atoms with Crippen LogP contribution in [-0.2, 0) is 9.59 Å². The Morgan fingerprint density at radius 1 is 1.36 bits per heavy atom. The van der Waals surface area contributed by atoms with E-state index in [0.29, 0.717) is 13.0 Å². The van der Waals surface area contributed by atoms with Gasteiger partial charge in [-0.15, -0.1) is 0 Å². The molecule has 25 heavy (non-hydrogen) atoms. The van der Waals surface area contributed by atoms with Crippen LogP contribution < -0.4 is 16.0 Å². The summed E-state index contributed by atoms with van der Waals surface area (Å²) in [7, 11) is 1.51. The molecule has 10 nitrogen and oxygen atoms in total. The lowest BCUT2D eigenvalue weighted by Crippen LogP contribution is -2.48. The molecule has 0 saturated carbocycles. The van der Waals surface area contributed by atoms with Gasteiger partial charge in [-0.1, -0.05) is 6.07 Å². The number of urea groups is 1. The number of nitro groups is 1. The Balaban J connectivity index is 1.87. The first-order valence-corrected chi connectivity index (χ1v) is 7.72. The molecule has 0 aromatic heterocycles. The van der Waals surface area contributed by atoms with Crippen LogP contribution in [0.2, 0.25) is 0 Å². The molecule has 1 saturated heterocycles. The summed E-state index contributed by atoms with van der Waals surface area (Å²) >= 11 is 0. The molecule has 1 aromatic rings. The number of amides is 4. The highest BCUT2D eigenvalue weighted by molar-refractivity contribution is 5.94. The lowest BCUT2D eigenvalue weighted by atomic mass is 10.2. The highest BCUT2D eigenvalue weighted by Crippen LogP contribution is 2.18. The lowest BCUT2D eigenvalue weighted by Gasteiger charge is -2.23. The summed E-state index contributed by atoms with van der Waals surface area (Å²) in [6.07, 6.45) is 1.31. The summed E-state index contributed by atoms with van der Waals surface area (Å²) in [6, 6.07) is 4.28. The monoisotopic (exact) mass is 349 g/mol. The maximum Gasteiger partial charge on any atom is 0.319 e. The fourth-order valence-electron chi connectivity index (χ4n) is 2.63. The molecule has 10 heteroatoms. The van der Waals surface area contributed by atoms with Crippen LogP contribution in [0.15, 0.2) is 24.3 Å². The number of likely N-dealkylation sites (tertiary alicyclic amines) is 1. The van der Waals surface area contributed by atoms with Crippen molar-refractivity contribution in [3.8, 4) is 0 Å². The number of hydrogen-bond donors (Lipinski definition) is 3. The molecule has 1 heterocycles. The molecule has 4 amide bonds. The van der Waals surface area contributed by atoms with E-state index >= 15 is 0 Å². The maximum absolute atomic E-state index is 12.2. The summed E-state index contributed by atoms with van der Waals surface area (Å²) in [5, 5.41) is 18.0. The van der Waals surface area contributed by atoms with E-state index in [9.17, 15) is 24.5 Å². The van der Waals surface area contributed by atoms with Crippen LogP contribution in [0.4, 0.5) is 16.2 Å². The Hall–Kier alpha value is -3.17. The number of rotatable bonds is 5. The summed E-state index contributed by atoms with van der Waals surface area (Å²) in [6.45, 7) is 0.194. The van der Waals surface area contributed by atoms with Crippen LogP contribution in [-0.4, -0.2) is 53.8 Å². The minimum Gasteiger partial charge on any atom is -0.357 e. The van der Waals surface area contributed by atoms with E-state index in [1.165, 1.54) is 36.2 Å². The van der Waals surface area contributed by atoms with Gasteiger partial charge in [0, 0.05) is 31.4 Å². The Kier molecular flexibility index (Phi) is 5.88. The van der Waals surface area contributed by atoms with Crippen molar-refractivity contribution < 1.29 is 19.3 Å². The first kappa shape index (κ1) is 18.2. The predicted molar refractivity (Wildman–Crippen MR) is 88.9 cm³/mol. The van der Waals surface area contributed by atoms with Crippen molar-refractivity contribution in [3.05, 3.63) is 34.4 Å². The van der Waals surface area contributed by atoms with E-state index in [0.717, 1.165) is 6.42 Å². The number of likely N-dealkylation sites (N-methyl/N-ethyl adjacent to an activating group) is 1. The zero-order valence-corrected chi connectivity index (χ0v) is 13.7. The van der Waals surface area contributed by atoms with Gasteiger partial charge in [0.15, 0.2) is 0 Å². The quantitative estimate of drug-likeness (QED) is 0.524. The molecule has 1 fully saturated rings. The van der Waals surface area contributed by atoms with Crippen LogP contribution >= 0.6 is 0 Å². The second-order valence-electron chi connectivity index (χ2n) is 5.47. The third-order valence-electron chi connectivity index (χ3n) is 3.84. The van der Waals surface area contributed by atoms with Gasteiger partial charge in [0.1, 0.15) is 6.04 Å². The van der Waals surface area contributed by atoms with Crippen LogP contribution in [0.5, 0.6) is 0 Å². The molecule has 2 rings (SSSR count). The van der Waals surface area contributed by atoms with E-state index in [1.54, 1.807) is 0 Å². The van der Waals surface area contributed by atoms with Gasteiger partial charge in [-0.05, 0) is 18.9 Å². The van der Waals surface area contributed by atoms with Crippen LogP contribution in [0.25, 0.3) is 0 Å². The molecular weight excluding hydrogens is 330 g/mol. The first-order chi connectivity index (χ1) is 11.9. The van der Waals surface area contributed by atoms with Gasteiger partial charge >= 0.3 is 6.03 Å². The average Bonchev–Trinajstić information content (AvgIpc) is 3.09. The molecule has 0 aliphatic carbocycles. The number of anilines is 1. The Labute approximate surface area is 143 Å². The number of nitrogens with zero attached hydrogens (tertiary/aromatic N) is 2. The third-order valence-corrected chi connectivity index (χ3v) is 3.84. The molecule has 0 spiro atoms. The van der Waals surface area contributed by atoms with Crippen molar-refractivity contribution in [1.29, 1.82) is 0 Å². The second-order valence-corrected chi connectivity index (χ2v) is 5.47. The molecule has 0 bridgehead atoms. The maximum atomic E-state index is 12.2. The minimum absolute atomic E-state index is 0.153. The first-order valence-electron chi connectivity index (χ1n) is 7.72. The normalized spacial score (nSPS) is 16.2. The van der Waals surface area contributed by atoms with Crippen molar-refractivity contribution in [1.82, 2.24) is 15.5 Å². The zero-order chi connectivity index (χ0) is 18.4. The van der Waals surface area contributed by atoms with Crippen molar-refractivity contribution in [2.75, 3.05) is 25.5 Å². The molecule has 1 aliphatic heterocycles. The van der Waals surface area contributed by atoms with E-state index in [4.69, 9.17) is 0 Å². The van der Waals surface area contributed by atoms with Crippen molar-refractivity contribution in [2.24, 2.45) is 0 Å². The lowest BCUT2D eigenvalue weighted by molar-refractivity contribution is -0.384. The number of carbonyl (C=O) groups excluding carboxylic acids is 3. The highest BCUT2D eigenvalue weighted by Gasteiger charge is 2.33. The summed E-state index contributed by atoms with van der Waals surface area (Å²) in [5.74, 6) is -0.591. The third kappa shape index (κ3) is 4.66. The molecule has 1 atom stereocenters. The number of hydrogen-bond acceptors (Lipinski definition) is 5. The molecule has 1 aliphatic rings. The second kappa shape index (κ2) is 8.08. The molecule has 134 valence electrons. The van der Waals surface area contributed by atoms with Crippen molar-refractivity contribution >= 4 is 29.2 Å². The van der Waals surface area contributed by atoms with Crippen LogP contribution in [0, 0.1) is 10.1 Å². The largest absolute Gasteiger partial charge is 0.357 e. The number of carbonyl (C=O) groups is 3. The summed E-state index contributed by atoms with van der Waals surface area (Å²) < 4.78 is 0. The van der Waals surface area contributed by atoms with Gasteiger partial charge in [-0.2, -0.15) is 0 Å². The SMILES string of the molecule is CNC(=O)C1CCCN1C(=O)CNC(=O)Nc1cccc([N+](=O)[O-])c1. The Bertz CT molecular complexity index is 693. The van der Waals surface area contributed by atoms with Gasteiger partial charge < -0.3 is 20.9 Å². The molecular formula is C15H19N5O5. The predicted octanol–water partition coefficient (Wildman–Crippen LogP) is 0.453. The molecule has 1 aromatic carbocycles. The standard InChI is InChI=1S/C15H19N5O5/c1-16-14(22)12-6-3-7-19(12)13(21)9-17-15(23)18-10-4-2-5-11(8-10)20(24)25/h2,4-5,8,12H,3,6-7,9H2,1H3,(H,16,22)(H2,17,18,23). The van der Waals surface area contributed by atoms with E-state index in [-0.39, 0.29) is 29.7 Å². The van der Waals surface area contributed by atoms with Crippen LogP contribution in [0.1, 0.15) is 12.8 Å². The van der Waals surface area contributed by atoms with Gasteiger partial charge in [0.2, 0.25) is 11.8 Å². The van der Waals surface area contributed by atoms with E-state index in [2.05, 4.69) is 16.0 Å². The minimum atomic E-state index is -0.662. The smallest absolute Gasteiger partial charge is 0.319 e. The van der Waals surface area contributed by atoms with Gasteiger partial charge in [-0.25, -0.2) is 4.79 Å². The molecule has 1 unspecified atom stereocenters. The highest BCUT2D eigenvalue weighted by atomic mass is 16.6. The Morgan fingerprint density at radius 2 is 2.12 bits per heavy atom. The van der Waals surface area contributed by atoms with Crippen molar-refractivity contribution in [2.45, 2.75) is 18.9 Å². The fraction of sp³-hybridized carbons (Fsp3) is 0.400. The number of nitrogens with one attached hydrogen (secondary N) is 3. The fourth-order valence-corrected chi connectivity index (χ4v) is 2.63. The van der Waals surface area contributed by atoms with Gasteiger partial charge in [0.25, 0.3) is 5.69 Å². The number of non-ortho nitro benzene ring substituents is 1. The van der Waals surface area contributed by atoms with Gasteiger partial charge in [0.05, 0.1) is 11.5 Å². The van der Waals surface area contributed by atoms with Crippen LogP contribution in [0.3, 0.4) is 0 Å². The average molecular weight is 349 g/mol. The zero-order valence-electron chi connectivity index (χ0n) is 13.7. The van der Waals surface area contributed by atoms with E-state index < -0.39 is 17.0 Å². The van der Waals surface area contributed by atoms with Gasteiger partial charge in [-0.3, -0.25) is 19.7 Å².